The van der Waals surface area contributed by atoms with Crippen LogP contribution in [0.5, 0.6) is 11.5 Å². The van der Waals surface area contributed by atoms with Gasteiger partial charge in [0.2, 0.25) is 5.91 Å². The quantitative estimate of drug-likeness (QED) is 0.690. The summed E-state index contributed by atoms with van der Waals surface area (Å²) in [5, 5.41) is 0. The van der Waals surface area contributed by atoms with Crippen molar-refractivity contribution in [1.29, 1.82) is 0 Å². The van der Waals surface area contributed by atoms with Crippen LogP contribution >= 0.6 is 0 Å². The van der Waals surface area contributed by atoms with Crippen LogP contribution in [0, 0.1) is 17.8 Å². The number of piperazine rings is 1. The second kappa shape index (κ2) is 8.51. The molecule has 3 fully saturated rings. The molecule has 0 radical (unpaired) electrons. The van der Waals surface area contributed by atoms with Crippen molar-refractivity contribution in [2.75, 3.05) is 46.4 Å². The third kappa shape index (κ3) is 4.23. The van der Waals surface area contributed by atoms with Crippen molar-refractivity contribution in [3.05, 3.63) is 24.3 Å². The predicted molar refractivity (Wildman–Crippen MR) is 105 cm³/mol. The fraction of sp³-hybridized carbons (Fsp3) is 0.682. The Hall–Kier alpha value is -1.75. The van der Waals surface area contributed by atoms with Gasteiger partial charge in [0, 0.05) is 38.6 Å². The summed E-state index contributed by atoms with van der Waals surface area (Å²) < 4.78 is 11.2. The van der Waals surface area contributed by atoms with E-state index in [1.54, 1.807) is 7.11 Å². The summed E-state index contributed by atoms with van der Waals surface area (Å²) in [5.41, 5.74) is 0. The number of benzene rings is 1. The number of amides is 1. The minimum Gasteiger partial charge on any atom is -0.493 e. The van der Waals surface area contributed by atoms with E-state index in [9.17, 15) is 4.79 Å². The van der Waals surface area contributed by atoms with Crippen LogP contribution in [0.2, 0.25) is 0 Å². The summed E-state index contributed by atoms with van der Waals surface area (Å²) in [4.78, 5) is 17.4. The fourth-order valence-electron chi connectivity index (χ4n) is 4.97. The van der Waals surface area contributed by atoms with Crippen LogP contribution < -0.4 is 9.47 Å². The van der Waals surface area contributed by atoms with Crippen LogP contribution in [0.4, 0.5) is 0 Å². The Morgan fingerprint density at radius 3 is 2.37 bits per heavy atom. The molecule has 0 aromatic heterocycles. The van der Waals surface area contributed by atoms with E-state index in [1.807, 2.05) is 24.3 Å². The van der Waals surface area contributed by atoms with Crippen LogP contribution in [0.25, 0.3) is 0 Å². The Morgan fingerprint density at radius 2 is 1.70 bits per heavy atom. The number of carbonyl (C=O) groups is 1. The molecule has 1 aromatic rings. The minimum absolute atomic E-state index is 0.369. The van der Waals surface area contributed by atoms with E-state index in [0.29, 0.717) is 18.4 Å². The molecule has 1 aromatic carbocycles. The molecule has 1 aliphatic heterocycles. The first-order valence-corrected chi connectivity index (χ1v) is 10.5. The Balaban J connectivity index is 1.14. The molecule has 2 atom stereocenters. The van der Waals surface area contributed by atoms with Crippen molar-refractivity contribution in [2.24, 2.45) is 17.8 Å². The number of nitrogens with zero attached hydrogens (tertiary/aromatic N) is 2. The molecule has 0 unspecified atom stereocenters. The van der Waals surface area contributed by atoms with Crippen molar-refractivity contribution in [3.63, 3.8) is 0 Å². The SMILES string of the molecule is COc1ccccc1OCCCN1CCN(C(=O)C2[C@@H]3CCCC[C@@H]23)CC1. The first kappa shape index (κ1) is 18.6. The number of para-hydroxylation sites is 2. The molecule has 4 rings (SSSR count). The second-order valence-corrected chi connectivity index (χ2v) is 8.16. The van der Waals surface area contributed by atoms with Gasteiger partial charge in [0.15, 0.2) is 11.5 Å². The van der Waals surface area contributed by atoms with E-state index >= 15 is 0 Å². The van der Waals surface area contributed by atoms with E-state index in [1.165, 1.54) is 25.7 Å². The van der Waals surface area contributed by atoms with Gasteiger partial charge in [0.1, 0.15) is 0 Å². The average molecular weight is 373 g/mol. The van der Waals surface area contributed by atoms with Gasteiger partial charge in [-0.1, -0.05) is 25.0 Å². The fourth-order valence-corrected chi connectivity index (χ4v) is 4.97. The number of methoxy groups -OCH3 is 1. The molecule has 148 valence electrons. The molecule has 1 amide bonds. The van der Waals surface area contributed by atoms with Crippen LogP contribution in [0.1, 0.15) is 32.1 Å². The highest BCUT2D eigenvalue weighted by Crippen LogP contribution is 2.56. The maximum atomic E-state index is 12.8. The molecule has 2 saturated carbocycles. The lowest BCUT2D eigenvalue weighted by molar-refractivity contribution is -0.135. The molecular weight excluding hydrogens is 340 g/mol. The average Bonchev–Trinajstić information content (AvgIpc) is 3.46. The van der Waals surface area contributed by atoms with Gasteiger partial charge >= 0.3 is 0 Å². The number of hydrogen-bond acceptors (Lipinski definition) is 4. The van der Waals surface area contributed by atoms with E-state index in [0.717, 1.165) is 62.5 Å². The Bertz CT molecular complexity index is 630. The zero-order valence-corrected chi connectivity index (χ0v) is 16.4. The molecule has 3 aliphatic rings. The lowest BCUT2D eigenvalue weighted by Gasteiger charge is -2.35. The smallest absolute Gasteiger partial charge is 0.226 e. The van der Waals surface area contributed by atoms with Crippen molar-refractivity contribution >= 4 is 5.91 Å². The maximum absolute atomic E-state index is 12.8. The monoisotopic (exact) mass is 372 g/mol. The summed E-state index contributed by atoms with van der Waals surface area (Å²) >= 11 is 0. The summed E-state index contributed by atoms with van der Waals surface area (Å²) in [5.74, 6) is 3.85. The number of hydrogen-bond donors (Lipinski definition) is 0. The molecule has 1 heterocycles. The van der Waals surface area contributed by atoms with Crippen molar-refractivity contribution in [1.82, 2.24) is 9.80 Å². The van der Waals surface area contributed by atoms with Crippen molar-refractivity contribution in [3.8, 4) is 11.5 Å². The summed E-state index contributed by atoms with van der Waals surface area (Å²) in [6.45, 7) is 5.46. The highest BCUT2D eigenvalue weighted by Gasteiger charge is 2.55. The molecule has 0 bridgehead atoms. The minimum atomic E-state index is 0.369. The zero-order valence-electron chi connectivity index (χ0n) is 16.4. The van der Waals surface area contributed by atoms with E-state index in [2.05, 4.69) is 9.80 Å². The highest BCUT2D eigenvalue weighted by molar-refractivity contribution is 5.82. The standard InChI is InChI=1S/C22H32N2O3/c1-26-19-9-4-5-10-20(19)27-16-6-11-23-12-14-24(15-13-23)22(25)21-17-7-2-3-8-18(17)21/h4-5,9-10,17-18,21H,2-3,6-8,11-16H2,1H3/t17-,18-/m1/s1. The predicted octanol–water partition coefficient (Wildman–Crippen LogP) is 3.04. The second-order valence-electron chi connectivity index (χ2n) is 8.16. The van der Waals surface area contributed by atoms with Gasteiger partial charge in [-0.3, -0.25) is 9.69 Å². The lowest BCUT2D eigenvalue weighted by Crippen LogP contribution is -2.49. The summed E-state index contributed by atoms with van der Waals surface area (Å²) in [6.07, 6.45) is 6.21. The summed E-state index contributed by atoms with van der Waals surface area (Å²) in [7, 11) is 1.67. The lowest BCUT2D eigenvalue weighted by atomic mass is 10.0. The molecule has 5 nitrogen and oxygen atoms in total. The Labute approximate surface area is 162 Å². The van der Waals surface area contributed by atoms with Crippen LogP contribution in [-0.4, -0.2) is 62.1 Å². The van der Waals surface area contributed by atoms with Crippen LogP contribution in [0.3, 0.4) is 0 Å². The number of rotatable bonds is 7. The molecule has 27 heavy (non-hydrogen) atoms. The van der Waals surface area contributed by atoms with Gasteiger partial charge in [-0.25, -0.2) is 0 Å². The Kier molecular flexibility index (Phi) is 5.86. The topological polar surface area (TPSA) is 42.0 Å². The largest absolute Gasteiger partial charge is 0.493 e. The number of fused-ring (bicyclic) bond motifs is 1. The van der Waals surface area contributed by atoms with Crippen molar-refractivity contribution in [2.45, 2.75) is 32.1 Å². The number of ether oxygens (including phenoxy) is 2. The molecule has 1 saturated heterocycles. The van der Waals surface area contributed by atoms with E-state index in [-0.39, 0.29) is 0 Å². The van der Waals surface area contributed by atoms with Gasteiger partial charge in [-0.05, 0) is 43.2 Å². The number of carbonyl (C=O) groups excluding carboxylic acids is 1. The first-order valence-electron chi connectivity index (χ1n) is 10.5. The van der Waals surface area contributed by atoms with Gasteiger partial charge in [0.05, 0.1) is 13.7 Å². The van der Waals surface area contributed by atoms with Crippen LogP contribution in [-0.2, 0) is 4.79 Å². The maximum Gasteiger partial charge on any atom is 0.226 e. The van der Waals surface area contributed by atoms with E-state index < -0.39 is 0 Å². The molecule has 0 spiro atoms. The summed E-state index contributed by atoms with van der Waals surface area (Å²) in [6, 6.07) is 7.77. The van der Waals surface area contributed by atoms with Gasteiger partial charge in [-0.15, -0.1) is 0 Å². The third-order valence-electron chi connectivity index (χ3n) is 6.57. The van der Waals surface area contributed by atoms with Gasteiger partial charge in [0.25, 0.3) is 0 Å². The Morgan fingerprint density at radius 1 is 1.04 bits per heavy atom. The normalized spacial score (nSPS) is 27.7. The third-order valence-corrected chi connectivity index (χ3v) is 6.57. The van der Waals surface area contributed by atoms with Gasteiger partial charge in [-0.2, -0.15) is 0 Å². The van der Waals surface area contributed by atoms with E-state index in [4.69, 9.17) is 9.47 Å². The van der Waals surface area contributed by atoms with Gasteiger partial charge < -0.3 is 14.4 Å². The zero-order chi connectivity index (χ0) is 18.6. The molecule has 5 heteroatoms. The van der Waals surface area contributed by atoms with Crippen LogP contribution in [0.15, 0.2) is 24.3 Å². The van der Waals surface area contributed by atoms with Crippen molar-refractivity contribution < 1.29 is 14.3 Å². The molecule has 2 aliphatic carbocycles. The highest BCUT2D eigenvalue weighted by atomic mass is 16.5. The molecular formula is C22H32N2O3. The first-order chi connectivity index (χ1) is 13.3. The molecule has 0 N–H and O–H groups in total.